The number of fused-ring (bicyclic) bond motifs is 3. The minimum atomic E-state index is 0.0408. The van der Waals surface area contributed by atoms with Crippen LogP contribution in [0.3, 0.4) is 0 Å². The number of hydrogen-bond donors (Lipinski definition) is 1. The zero-order valence-electron chi connectivity index (χ0n) is 10.2. The van der Waals surface area contributed by atoms with E-state index in [1.807, 2.05) is 6.07 Å². The topological polar surface area (TPSA) is 45.2 Å². The van der Waals surface area contributed by atoms with Crippen molar-refractivity contribution in [3.63, 3.8) is 0 Å². The maximum atomic E-state index is 11.4. The molecule has 17 heavy (non-hydrogen) atoms. The minimum absolute atomic E-state index is 0.0408. The van der Waals surface area contributed by atoms with Crippen LogP contribution in [0.15, 0.2) is 12.1 Å². The lowest BCUT2D eigenvalue weighted by atomic mass is 10.1. The third-order valence-electron chi connectivity index (χ3n) is 3.70. The second-order valence-corrected chi connectivity index (χ2v) is 5.01. The number of Topliss-reactive ketones (excluding diaryl/α,β-unsaturated/α-hetero) is 1. The quantitative estimate of drug-likeness (QED) is 0.733. The fourth-order valence-corrected chi connectivity index (χ4v) is 2.88. The number of rotatable bonds is 1. The van der Waals surface area contributed by atoms with E-state index >= 15 is 0 Å². The fraction of sp³-hybridized carbons (Fsp3) is 0.538. The molecule has 0 spiro atoms. The van der Waals surface area contributed by atoms with Crippen LogP contribution in [0.1, 0.15) is 29.9 Å². The smallest absolute Gasteiger partial charge is 0.178 e. The van der Waals surface area contributed by atoms with Crippen LogP contribution in [0.2, 0.25) is 0 Å². The number of pyridine rings is 1. The van der Waals surface area contributed by atoms with E-state index in [9.17, 15) is 4.79 Å². The van der Waals surface area contributed by atoms with E-state index in [4.69, 9.17) is 0 Å². The van der Waals surface area contributed by atoms with E-state index in [1.165, 1.54) is 5.56 Å². The molecule has 0 amide bonds. The van der Waals surface area contributed by atoms with Crippen LogP contribution in [0.5, 0.6) is 0 Å². The van der Waals surface area contributed by atoms with Gasteiger partial charge in [0.15, 0.2) is 5.78 Å². The van der Waals surface area contributed by atoms with Gasteiger partial charge in [-0.25, -0.2) is 4.98 Å². The summed E-state index contributed by atoms with van der Waals surface area (Å²) in [5.74, 6) is 1.07. The minimum Gasteiger partial charge on any atom is -0.348 e. The number of anilines is 1. The summed E-state index contributed by atoms with van der Waals surface area (Å²) in [6, 6.07) is 4.86. The second-order valence-electron chi connectivity index (χ2n) is 5.01. The first kappa shape index (κ1) is 10.7. The lowest BCUT2D eigenvalue weighted by Crippen LogP contribution is -2.55. The van der Waals surface area contributed by atoms with Crippen molar-refractivity contribution in [1.29, 1.82) is 0 Å². The molecule has 2 aliphatic rings. The molecule has 90 valence electrons. The van der Waals surface area contributed by atoms with Gasteiger partial charge in [-0.05, 0) is 25.0 Å². The van der Waals surface area contributed by atoms with E-state index in [1.54, 1.807) is 6.92 Å². The van der Waals surface area contributed by atoms with Crippen molar-refractivity contribution < 1.29 is 4.79 Å². The molecule has 0 bridgehead atoms. The summed E-state index contributed by atoms with van der Waals surface area (Å²) in [7, 11) is 0. The second kappa shape index (κ2) is 3.81. The van der Waals surface area contributed by atoms with E-state index in [-0.39, 0.29) is 5.78 Å². The molecule has 2 aliphatic heterocycles. The largest absolute Gasteiger partial charge is 0.348 e. The van der Waals surface area contributed by atoms with E-state index in [0.717, 1.165) is 25.3 Å². The van der Waals surface area contributed by atoms with E-state index in [2.05, 4.69) is 28.2 Å². The van der Waals surface area contributed by atoms with Gasteiger partial charge in [0, 0.05) is 32.1 Å². The van der Waals surface area contributed by atoms with Gasteiger partial charge in [0.2, 0.25) is 0 Å². The molecule has 1 aromatic rings. The molecule has 0 aromatic carbocycles. The summed E-state index contributed by atoms with van der Waals surface area (Å²) in [5.41, 5.74) is 1.85. The molecule has 0 saturated carbocycles. The monoisotopic (exact) mass is 231 g/mol. The van der Waals surface area contributed by atoms with Crippen molar-refractivity contribution >= 4 is 11.6 Å². The number of aromatic nitrogens is 1. The van der Waals surface area contributed by atoms with Crippen LogP contribution in [0, 0.1) is 0 Å². The van der Waals surface area contributed by atoms with Crippen LogP contribution < -0.4 is 10.2 Å². The Kier molecular flexibility index (Phi) is 2.40. The zero-order valence-corrected chi connectivity index (χ0v) is 10.2. The Morgan fingerprint density at radius 1 is 1.47 bits per heavy atom. The van der Waals surface area contributed by atoms with Gasteiger partial charge in [-0.2, -0.15) is 0 Å². The molecule has 4 nitrogen and oxygen atoms in total. The Bertz CT molecular complexity index is 472. The summed E-state index contributed by atoms with van der Waals surface area (Å²) in [5, 5.41) is 3.44. The normalized spacial score (nSPS) is 26.6. The molecule has 1 fully saturated rings. The van der Waals surface area contributed by atoms with Gasteiger partial charge < -0.3 is 10.2 Å². The van der Waals surface area contributed by atoms with Crippen molar-refractivity contribution in [2.45, 2.75) is 32.4 Å². The van der Waals surface area contributed by atoms with E-state index < -0.39 is 0 Å². The molecule has 3 rings (SSSR count). The number of carbonyl (C=O) groups is 1. The maximum absolute atomic E-state index is 11.4. The van der Waals surface area contributed by atoms with Crippen molar-refractivity contribution in [1.82, 2.24) is 10.3 Å². The molecule has 0 unspecified atom stereocenters. The van der Waals surface area contributed by atoms with Crippen molar-refractivity contribution in [2.75, 3.05) is 18.0 Å². The SMILES string of the molecule is CC(=O)c1ccc2c(n1)N1[C@@H](CNC[C@H]1C)C2. The van der Waals surface area contributed by atoms with Crippen LogP contribution >= 0.6 is 0 Å². The Labute approximate surface area is 101 Å². The van der Waals surface area contributed by atoms with E-state index in [0.29, 0.717) is 17.8 Å². The Balaban J connectivity index is 2.03. The molecule has 0 aliphatic carbocycles. The van der Waals surface area contributed by atoms with Crippen LogP contribution in [-0.4, -0.2) is 35.9 Å². The van der Waals surface area contributed by atoms with Gasteiger partial charge in [-0.15, -0.1) is 0 Å². The highest BCUT2D eigenvalue weighted by atomic mass is 16.1. The predicted octanol–water partition coefficient (Wildman–Crippen LogP) is 1.01. The summed E-state index contributed by atoms with van der Waals surface area (Å²) >= 11 is 0. The van der Waals surface area contributed by atoms with Gasteiger partial charge in [0.25, 0.3) is 0 Å². The molecule has 1 aromatic heterocycles. The van der Waals surface area contributed by atoms with Gasteiger partial charge >= 0.3 is 0 Å². The standard InChI is InChI=1S/C13H17N3O/c1-8-6-14-7-11-5-10-3-4-12(9(2)17)15-13(10)16(8)11/h3-4,8,11,14H,5-7H2,1-2H3/t8-,11-/m1/s1. The number of piperazine rings is 1. The lowest BCUT2D eigenvalue weighted by molar-refractivity contribution is 0.101. The zero-order chi connectivity index (χ0) is 12.0. The van der Waals surface area contributed by atoms with Gasteiger partial charge in [0.05, 0.1) is 0 Å². The lowest BCUT2D eigenvalue weighted by Gasteiger charge is -2.37. The summed E-state index contributed by atoms with van der Waals surface area (Å²) in [4.78, 5) is 18.3. The number of ketones is 1. The van der Waals surface area contributed by atoms with Crippen LogP contribution in [0.25, 0.3) is 0 Å². The Morgan fingerprint density at radius 2 is 2.29 bits per heavy atom. The summed E-state index contributed by atoms with van der Waals surface area (Å²) < 4.78 is 0. The third kappa shape index (κ3) is 1.63. The first-order valence-electron chi connectivity index (χ1n) is 6.16. The highest BCUT2D eigenvalue weighted by Gasteiger charge is 2.36. The number of hydrogen-bond acceptors (Lipinski definition) is 4. The molecule has 4 heteroatoms. The molecule has 1 N–H and O–H groups in total. The molecule has 0 radical (unpaired) electrons. The molecule has 3 heterocycles. The summed E-state index contributed by atoms with van der Waals surface area (Å²) in [6.45, 7) is 5.77. The number of carbonyl (C=O) groups excluding carboxylic acids is 1. The molecular formula is C13H17N3O. The van der Waals surface area contributed by atoms with Crippen molar-refractivity contribution in [2.24, 2.45) is 0 Å². The molecular weight excluding hydrogens is 214 g/mol. The first-order chi connectivity index (χ1) is 8.16. The predicted molar refractivity (Wildman–Crippen MR) is 66.5 cm³/mol. The van der Waals surface area contributed by atoms with Crippen LogP contribution in [0.4, 0.5) is 5.82 Å². The third-order valence-corrected chi connectivity index (χ3v) is 3.70. The highest BCUT2D eigenvalue weighted by Crippen LogP contribution is 2.33. The Morgan fingerprint density at radius 3 is 3.06 bits per heavy atom. The van der Waals surface area contributed by atoms with Gasteiger partial charge in [-0.3, -0.25) is 4.79 Å². The van der Waals surface area contributed by atoms with Crippen molar-refractivity contribution in [3.8, 4) is 0 Å². The maximum Gasteiger partial charge on any atom is 0.178 e. The highest BCUT2D eigenvalue weighted by molar-refractivity contribution is 5.92. The first-order valence-corrected chi connectivity index (χ1v) is 6.16. The molecule has 1 saturated heterocycles. The van der Waals surface area contributed by atoms with Gasteiger partial charge in [0.1, 0.15) is 11.5 Å². The van der Waals surface area contributed by atoms with Gasteiger partial charge in [-0.1, -0.05) is 6.07 Å². The summed E-state index contributed by atoms with van der Waals surface area (Å²) in [6.07, 6.45) is 1.04. The molecule has 2 atom stereocenters. The van der Waals surface area contributed by atoms with Crippen LogP contribution in [-0.2, 0) is 6.42 Å². The Hall–Kier alpha value is -1.42. The number of nitrogens with zero attached hydrogens (tertiary/aromatic N) is 2. The number of nitrogens with one attached hydrogen (secondary N) is 1. The fourth-order valence-electron chi connectivity index (χ4n) is 2.88. The average Bonchev–Trinajstić information content (AvgIpc) is 2.67. The average molecular weight is 231 g/mol. The van der Waals surface area contributed by atoms with Crippen molar-refractivity contribution in [3.05, 3.63) is 23.4 Å².